The molecular weight excluding hydrogens is 124 g/mol. The van der Waals surface area contributed by atoms with Crippen molar-refractivity contribution in [2.75, 3.05) is 0 Å². The number of carbonyl (C=O) groups is 2. The topological polar surface area (TPSA) is 63.6 Å². The second-order valence-electron chi connectivity index (χ2n) is 1.61. The summed E-state index contributed by atoms with van der Waals surface area (Å²) in [5.74, 6) is -1.75. The molecule has 0 atom stereocenters. The fraction of sp³-hybridized carbons (Fsp3) is 0.200. The molecule has 1 rings (SSSR count). The number of hydrogen-bond donors (Lipinski definition) is 1. The van der Waals surface area contributed by atoms with Crippen molar-refractivity contribution >= 4 is 11.9 Å². The first-order valence-electron chi connectivity index (χ1n) is 2.32. The summed E-state index contributed by atoms with van der Waals surface area (Å²) >= 11 is 0. The van der Waals surface area contributed by atoms with E-state index in [4.69, 9.17) is 5.11 Å². The van der Waals surface area contributed by atoms with Gasteiger partial charge in [0.15, 0.2) is 0 Å². The molecule has 0 saturated carbocycles. The van der Waals surface area contributed by atoms with Gasteiger partial charge in [-0.05, 0) is 0 Å². The van der Waals surface area contributed by atoms with Crippen molar-refractivity contribution in [3.8, 4) is 0 Å². The molecule has 0 spiro atoms. The van der Waals surface area contributed by atoms with Gasteiger partial charge >= 0.3 is 11.9 Å². The molecule has 0 radical (unpaired) electrons. The quantitative estimate of drug-likeness (QED) is 0.365. The molecule has 0 saturated heterocycles. The van der Waals surface area contributed by atoms with Crippen LogP contribution in [-0.2, 0) is 14.3 Å². The second-order valence-corrected chi connectivity index (χ2v) is 1.61. The van der Waals surface area contributed by atoms with Crippen LogP contribution >= 0.6 is 0 Å². The average Bonchev–Trinajstić information content (AvgIpc) is 1.59. The highest BCUT2D eigenvalue weighted by atomic mass is 16.6. The molecular formula is C5H4O4. The van der Waals surface area contributed by atoms with Crippen molar-refractivity contribution in [1.29, 1.82) is 0 Å². The van der Waals surface area contributed by atoms with Gasteiger partial charge in [-0.2, -0.15) is 0 Å². The number of ether oxygens (including phenoxy) is 1. The first kappa shape index (κ1) is 5.81. The van der Waals surface area contributed by atoms with Crippen LogP contribution in [0.2, 0.25) is 0 Å². The van der Waals surface area contributed by atoms with Crippen LogP contribution in [0.1, 0.15) is 6.42 Å². The predicted molar refractivity (Wildman–Crippen MR) is 26.4 cm³/mol. The van der Waals surface area contributed by atoms with E-state index in [1.165, 1.54) is 0 Å². The maximum absolute atomic E-state index is 10.2. The summed E-state index contributed by atoms with van der Waals surface area (Å²) < 4.78 is 4.04. The van der Waals surface area contributed by atoms with Gasteiger partial charge in [-0.3, -0.25) is 4.79 Å². The number of carbonyl (C=O) groups excluding carboxylic acids is 2. The number of hydrogen-bond acceptors (Lipinski definition) is 4. The predicted octanol–water partition coefficient (Wildman–Crippen LogP) is -0.0982. The Morgan fingerprint density at radius 2 is 2.22 bits per heavy atom. The zero-order valence-corrected chi connectivity index (χ0v) is 4.46. The van der Waals surface area contributed by atoms with Gasteiger partial charge in [0.05, 0.1) is 6.08 Å². The Bertz CT molecular complexity index is 191. The number of esters is 2. The SMILES string of the molecule is O=C1C=C(O)CC(=O)O1. The Balaban J connectivity index is 2.79. The third kappa shape index (κ3) is 1.28. The number of aliphatic hydroxyl groups excluding tert-OH is 1. The highest BCUT2D eigenvalue weighted by Gasteiger charge is 2.17. The van der Waals surface area contributed by atoms with E-state index < -0.39 is 11.9 Å². The van der Waals surface area contributed by atoms with Crippen LogP contribution in [0.4, 0.5) is 0 Å². The Morgan fingerprint density at radius 1 is 1.56 bits per heavy atom. The molecule has 9 heavy (non-hydrogen) atoms. The maximum Gasteiger partial charge on any atom is 0.341 e. The van der Waals surface area contributed by atoms with E-state index in [9.17, 15) is 9.59 Å². The van der Waals surface area contributed by atoms with Crippen LogP contribution in [0.5, 0.6) is 0 Å². The van der Waals surface area contributed by atoms with Crippen molar-refractivity contribution in [3.63, 3.8) is 0 Å². The highest BCUT2D eigenvalue weighted by molar-refractivity contribution is 5.96. The summed E-state index contributed by atoms with van der Waals surface area (Å²) in [7, 11) is 0. The fourth-order valence-corrected chi connectivity index (χ4v) is 0.513. The number of aliphatic hydroxyl groups is 1. The Kier molecular flexibility index (Phi) is 1.22. The minimum absolute atomic E-state index is 0.203. The normalized spacial score (nSPS) is 18.9. The van der Waals surface area contributed by atoms with Crippen LogP contribution in [-0.4, -0.2) is 17.0 Å². The maximum atomic E-state index is 10.2. The first-order chi connectivity index (χ1) is 4.18. The molecule has 1 N–H and O–H groups in total. The monoisotopic (exact) mass is 128 g/mol. The summed E-state index contributed by atoms with van der Waals surface area (Å²) in [4.78, 5) is 20.4. The van der Waals surface area contributed by atoms with E-state index in [0.29, 0.717) is 0 Å². The van der Waals surface area contributed by atoms with Gasteiger partial charge in [0.25, 0.3) is 0 Å². The van der Waals surface area contributed by atoms with Crippen LogP contribution in [0.3, 0.4) is 0 Å². The van der Waals surface area contributed by atoms with E-state index in [-0.39, 0.29) is 12.2 Å². The first-order valence-corrected chi connectivity index (χ1v) is 2.32. The average molecular weight is 128 g/mol. The zero-order chi connectivity index (χ0) is 6.85. The fourth-order valence-electron chi connectivity index (χ4n) is 0.513. The molecule has 0 bridgehead atoms. The summed E-state index contributed by atoms with van der Waals surface area (Å²) in [6.07, 6.45) is 0.674. The van der Waals surface area contributed by atoms with Crippen molar-refractivity contribution in [3.05, 3.63) is 11.8 Å². The highest BCUT2D eigenvalue weighted by Crippen LogP contribution is 2.05. The Morgan fingerprint density at radius 3 is 2.67 bits per heavy atom. The van der Waals surface area contributed by atoms with E-state index in [0.717, 1.165) is 6.08 Å². The minimum Gasteiger partial charge on any atom is -0.511 e. The third-order valence-electron chi connectivity index (χ3n) is 0.824. The summed E-state index contributed by atoms with van der Waals surface area (Å²) in [5, 5.41) is 8.59. The molecule has 48 valence electrons. The number of cyclic esters (lactones) is 2. The van der Waals surface area contributed by atoms with Gasteiger partial charge < -0.3 is 9.84 Å². The number of rotatable bonds is 0. The van der Waals surface area contributed by atoms with Crippen LogP contribution in [0, 0.1) is 0 Å². The van der Waals surface area contributed by atoms with Crippen molar-refractivity contribution in [1.82, 2.24) is 0 Å². The molecule has 0 amide bonds. The zero-order valence-electron chi connectivity index (χ0n) is 4.46. The Labute approximate surface area is 50.7 Å². The van der Waals surface area contributed by atoms with Gasteiger partial charge in [0.2, 0.25) is 0 Å². The van der Waals surface area contributed by atoms with Gasteiger partial charge in [-0.15, -0.1) is 0 Å². The van der Waals surface area contributed by atoms with Crippen molar-refractivity contribution in [2.45, 2.75) is 6.42 Å². The van der Waals surface area contributed by atoms with Gasteiger partial charge in [-0.25, -0.2) is 4.79 Å². The molecule has 0 fully saturated rings. The molecule has 0 aliphatic carbocycles. The van der Waals surface area contributed by atoms with E-state index in [2.05, 4.69) is 4.74 Å². The molecule has 0 unspecified atom stereocenters. The molecule has 0 aromatic rings. The van der Waals surface area contributed by atoms with Gasteiger partial charge in [0, 0.05) is 0 Å². The summed E-state index contributed by atoms with van der Waals surface area (Å²) in [5.41, 5.74) is 0. The molecule has 1 aliphatic rings. The lowest BCUT2D eigenvalue weighted by Gasteiger charge is -2.04. The smallest absolute Gasteiger partial charge is 0.341 e. The van der Waals surface area contributed by atoms with Crippen LogP contribution in [0.15, 0.2) is 11.8 Å². The standard InChI is InChI=1S/C5H4O4/c6-3-1-4(7)9-5(8)2-3/h1,6H,2H2. The molecule has 4 nitrogen and oxygen atoms in total. The lowest BCUT2D eigenvalue weighted by Crippen LogP contribution is -2.16. The van der Waals surface area contributed by atoms with Crippen LogP contribution < -0.4 is 0 Å². The second kappa shape index (κ2) is 1.89. The van der Waals surface area contributed by atoms with Crippen LogP contribution in [0.25, 0.3) is 0 Å². The molecule has 1 heterocycles. The van der Waals surface area contributed by atoms with Crippen molar-refractivity contribution in [2.24, 2.45) is 0 Å². The Hall–Kier alpha value is -1.32. The van der Waals surface area contributed by atoms with Gasteiger partial charge in [0.1, 0.15) is 12.2 Å². The summed E-state index contributed by atoms with van der Waals surface area (Å²) in [6.45, 7) is 0. The molecule has 0 aromatic heterocycles. The molecule has 0 aromatic carbocycles. The largest absolute Gasteiger partial charge is 0.511 e. The third-order valence-corrected chi connectivity index (χ3v) is 0.824. The molecule has 4 heteroatoms. The van der Waals surface area contributed by atoms with Gasteiger partial charge in [-0.1, -0.05) is 0 Å². The van der Waals surface area contributed by atoms with E-state index in [1.54, 1.807) is 0 Å². The summed E-state index contributed by atoms with van der Waals surface area (Å²) in [6, 6.07) is 0. The lowest BCUT2D eigenvalue weighted by atomic mass is 10.3. The van der Waals surface area contributed by atoms with E-state index >= 15 is 0 Å². The van der Waals surface area contributed by atoms with E-state index in [1.807, 2.05) is 0 Å². The van der Waals surface area contributed by atoms with Crippen molar-refractivity contribution < 1.29 is 19.4 Å². The minimum atomic E-state index is -0.802. The molecule has 1 aliphatic heterocycles. The lowest BCUT2D eigenvalue weighted by molar-refractivity contribution is -0.157.